The van der Waals surface area contributed by atoms with Crippen LogP contribution >= 0.6 is 11.3 Å². The lowest BCUT2D eigenvalue weighted by atomic mass is 10.1. The zero-order chi connectivity index (χ0) is 13.0. The van der Waals surface area contributed by atoms with Gasteiger partial charge in [-0.2, -0.15) is 11.3 Å². The number of hydrogen-bond donors (Lipinski definition) is 1. The molecule has 1 aromatic heterocycles. The van der Waals surface area contributed by atoms with E-state index in [0.29, 0.717) is 30.8 Å². The van der Waals surface area contributed by atoms with E-state index in [2.05, 4.69) is 28.7 Å². The predicted octanol–water partition coefficient (Wildman–Crippen LogP) is 2.61. The van der Waals surface area contributed by atoms with Crippen LogP contribution in [0.2, 0.25) is 0 Å². The van der Waals surface area contributed by atoms with Crippen LogP contribution < -0.4 is 5.73 Å². The lowest BCUT2D eigenvalue weighted by Gasteiger charge is -2.22. The summed E-state index contributed by atoms with van der Waals surface area (Å²) in [4.78, 5) is 14.3. The van der Waals surface area contributed by atoms with Crippen LogP contribution in [0.1, 0.15) is 38.2 Å². The Morgan fingerprint density at radius 1 is 1.61 bits per heavy atom. The highest BCUT2D eigenvalue weighted by atomic mass is 32.1. The van der Waals surface area contributed by atoms with Crippen LogP contribution in [-0.2, 0) is 11.3 Å². The topological polar surface area (TPSA) is 46.3 Å². The summed E-state index contributed by atoms with van der Waals surface area (Å²) in [7, 11) is 0. The van der Waals surface area contributed by atoms with E-state index in [4.69, 9.17) is 5.73 Å². The third-order valence-electron chi connectivity index (χ3n) is 3.49. The van der Waals surface area contributed by atoms with Crippen LogP contribution in [0.3, 0.4) is 0 Å². The van der Waals surface area contributed by atoms with E-state index in [9.17, 15) is 4.79 Å². The number of nitrogens with zero attached hydrogens (tertiary/aromatic N) is 1. The Bertz CT molecular complexity index is 373. The molecule has 0 spiro atoms. The molecule has 4 heteroatoms. The van der Waals surface area contributed by atoms with Gasteiger partial charge in [0.15, 0.2) is 0 Å². The molecule has 2 rings (SSSR count). The van der Waals surface area contributed by atoms with Crippen LogP contribution in [0.4, 0.5) is 0 Å². The number of thiophene rings is 1. The largest absolute Gasteiger partial charge is 0.335 e. The smallest absolute Gasteiger partial charge is 0.223 e. The van der Waals surface area contributed by atoms with Crippen molar-refractivity contribution in [2.45, 2.75) is 45.2 Å². The molecule has 0 aliphatic heterocycles. The summed E-state index contributed by atoms with van der Waals surface area (Å²) in [6.07, 6.45) is 3.88. The van der Waals surface area contributed by atoms with E-state index in [-0.39, 0.29) is 0 Å². The van der Waals surface area contributed by atoms with Crippen molar-refractivity contribution in [3.05, 3.63) is 22.4 Å². The predicted molar refractivity (Wildman–Crippen MR) is 75.3 cm³/mol. The van der Waals surface area contributed by atoms with Gasteiger partial charge in [0.05, 0.1) is 0 Å². The number of rotatable bonds is 7. The maximum Gasteiger partial charge on any atom is 0.223 e. The van der Waals surface area contributed by atoms with Crippen LogP contribution in [-0.4, -0.2) is 23.4 Å². The van der Waals surface area contributed by atoms with Crippen LogP contribution in [0, 0.1) is 5.92 Å². The zero-order valence-corrected chi connectivity index (χ0v) is 11.8. The van der Waals surface area contributed by atoms with Crippen molar-refractivity contribution in [1.82, 2.24) is 4.90 Å². The molecule has 2 N–H and O–H groups in total. The fourth-order valence-corrected chi connectivity index (χ4v) is 2.68. The van der Waals surface area contributed by atoms with Crippen LogP contribution in [0.5, 0.6) is 0 Å². The Labute approximate surface area is 113 Å². The SMILES string of the molecule is CC(CN)CCC(=O)N(Cc1ccsc1)C1CC1. The summed E-state index contributed by atoms with van der Waals surface area (Å²) in [5.41, 5.74) is 6.85. The van der Waals surface area contributed by atoms with Crippen molar-refractivity contribution in [1.29, 1.82) is 0 Å². The van der Waals surface area contributed by atoms with Crippen molar-refractivity contribution >= 4 is 17.2 Å². The maximum absolute atomic E-state index is 12.3. The van der Waals surface area contributed by atoms with Gasteiger partial charge in [0.1, 0.15) is 0 Å². The number of amides is 1. The monoisotopic (exact) mass is 266 g/mol. The Kier molecular flexibility index (Phi) is 4.78. The van der Waals surface area contributed by atoms with Crippen LogP contribution in [0.25, 0.3) is 0 Å². The van der Waals surface area contributed by atoms with Gasteiger partial charge in [-0.25, -0.2) is 0 Å². The van der Waals surface area contributed by atoms with E-state index in [0.717, 1.165) is 13.0 Å². The first-order valence-corrected chi connectivity index (χ1v) is 7.65. The molecule has 0 aromatic carbocycles. The Balaban J connectivity index is 1.87. The van der Waals surface area contributed by atoms with Crippen molar-refractivity contribution in [3.63, 3.8) is 0 Å². The third-order valence-corrected chi connectivity index (χ3v) is 4.23. The molecule has 0 bridgehead atoms. The summed E-state index contributed by atoms with van der Waals surface area (Å²) in [6.45, 7) is 3.55. The molecule has 1 aliphatic rings. The van der Waals surface area contributed by atoms with E-state index in [1.54, 1.807) is 11.3 Å². The van der Waals surface area contributed by atoms with Gasteiger partial charge in [-0.15, -0.1) is 0 Å². The van der Waals surface area contributed by atoms with E-state index >= 15 is 0 Å². The molecule has 1 aromatic rings. The molecule has 18 heavy (non-hydrogen) atoms. The number of carbonyl (C=O) groups is 1. The van der Waals surface area contributed by atoms with Gasteiger partial charge >= 0.3 is 0 Å². The second kappa shape index (κ2) is 6.34. The summed E-state index contributed by atoms with van der Waals surface area (Å²) in [5, 5.41) is 4.20. The normalized spacial score (nSPS) is 16.6. The molecule has 1 amide bonds. The molecule has 1 saturated carbocycles. The Morgan fingerprint density at radius 2 is 2.39 bits per heavy atom. The lowest BCUT2D eigenvalue weighted by Crippen LogP contribution is -2.32. The fraction of sp³-hybridized carbons (Fsp3) is 0.643. The highest BCUT2D eigenvalue weighted by molar-refractivity contribution is 7.07. The summed E-state index contributed by atoms with van der Waals surface area (Å²) < 4.78 is 0. The van der Waals surface area contributed by atoms with Crippen molar-refractivity contribution < 1.29 is 4.79 Å². The first-order valence-electron chi connectivity index (χ1n) is 6.71. The number of nitrogens with two attached hydrogens (primary N) is 1. The molecule has 0 radical (unpaired) electrons. The molecular weight excluding hydrogens is 244 g/mol. The second-order valence-electron chi connectivity index (χ2n) is 5.26. The summed E-state index contributed by atoms with van der Waals surface area (Å²) in [5.74, 6) is 0.736. The highest BCUT2D eigenvalue weighted by Gasteiger charge is 2.32. The molecule has 1 heterocycles. The molecular formula is C14H22N2OS. The maximum atomic E-state index is 12.3. The van der Waals surface area contributed by atoms with E-state index < -0.39 is 0 Å². The second-order valence-corrected chi connectivity index (χ2v) is 6.04. The van der Waals surface area contributed by atoms with Gasteiger partial charge in [0.25, 0.3) is 0 Å². The van der Waals surface area contributed by atoms with E-state index in [1.165, 1.54) is 18.4 Å². The first kappa shape index (κ1) is 13.6. The molecule has 1 fully saturated rings. The van der Waals surface area contributed by atoms with Gasteiger partial charge in [0.2, 0.25) is 5.91 Å². The average molecular weight is 266 g/mol. The standard InChI is InChI=1S/C14H22N2OS/c1-11(8-15)2-5-14(17)16(13-3-4-13)9-12-6-7-18-10-12/h6-7,10-11,13H,2-5,8-9,15H2,1H3. The fourth-order valence-electron chi connectivity index (χ4n) is 2.02. The minimum absolute atomic E-state index is 0.295. The van der Waals surface area contributed by atoms with Gasteiger partial charge in [0, 0.05) is 19.0 Å². The Morgan fingerprint density at radius 3 is 2.94 bits per heavy atom. The third kappa shape index (κ3) is 3.82. The molecule has 1 atom stereocenters. The van der Waals surface area contributed by atoms with Gasteiger partial charge < -0.3 is 10.6 Å². The molecule has 1 aliphatic carbocycles. The molecule has 1 unspecified atom stereocenters. The first-order chi connectivity index (χ1) is 8.70. The molecule has 3 nitrogen and oxygen atoms in total. The zero-order valence-electron chi connectivity index (χ0n) is 11.0. The van der Waals surface area contributed by atoms with Gasteiger partial charge in [-0.3, -0.25) is 4.79 Å². The Hall–Kier alpha value is -0.870. The van der Waals surface area contributed by atoms with Crippen molar-refractivity contribution in [2.75, 3.05) is 6.54 Å². The number of hydrogen-bond acceptors (Lipinski definition) is 3. The summed E-state index contributed by atoms with van der Waals surface area (Å²) in [6, 6.07) is 2.60. The lowest BCUT2D eigenvalue weighted by molar-refractivity contribution is -0.132. The van der Waals surface area contributed by atoms with Crippen LogP contribution in [0.15, 0.2) is 16.8 Å². The van der Waals surface area contributed by atoms with Gasteiger partial charge in [-0.05, 0) is 54.1 Å². The minimum atomic E-state index is 0.295. The number of carbonyl (C=O) groups excluding carboxylic acids is 1. The van der Waals surface area contributed by atoms with Crippen molar-refractivity contribution in [2.24, 2.45) is 11.7 Å². The van der Waals surface area contributed by atoms with Crippen molar-refractivity contribution in [3.8, 4) is 0 Å². The van der Waals surface area contributed by atoms with E-state index in [1.807, 2.05) is 0 Å². The summed E-state index contributed by atoms with van der Waals surface area (Å²) >= 11 is 1.69. The average Bonchev–Trinajstić information content (AvgIpc) is 3.09. The van der Waals surface area contributed by atoms with Gasteiger partial charge in [-0.1, -0.05) is 6.92 Å². The molecule has 0 saturated heterocycles. The molecule has 100 valence electrons. The quantitative estimate of drug-likeness (QED) is 0.824. The minimum Gasteiger partial charge on any atom is -0.335 e. The highest BCUT2D eigenvalue weighted by Crippen LogP contribution is 2.29.